The van der Waals surface area contributed by atoms with E-state index in [4.69, 9.17) is 14.2 Å². The number of likely N-dealkylation sites (tertiary alicyclic amines) is 1. The molecule has 27 heavy (non-hydrogen) atoms. The van der Waals surface area contributed by atoms with Crippen LogP contribution < -0.4 is 14.8 Å². The third-order valence-electron chi connectivity index (χ3n) is 5.72. The zero-order chi connectivity index (χ0) is 18.8. The van der Waals surface area contributed by atoms with Crippen molar-refractivity contribution in [1.82, 2.24) is 10.2 Å². The van der Waals surface area contributed by atoms with Crippen LogP contribution in [0.2, 0.25) is 0 Å². The molecule has 2 saturated heterocycles. The minimum Gasteiger partial charge on any atom is -0.454 e. The van der Waals surface area contributed by atoms with Gasteiger partial charge in [-0.1, -0.05) is 18.2 Å². The minimum atomic E-state index is -0.683. The minimum absolute atomic E-state index is 0.0246. The van der Waals surface area contributed by atoms with Crippen LogP contribution in [0.15, 0.2) is 30.4 Å². The number of fused-ring (bicyclic) bond motifs is 2. The van der Waals surface area contributed by atoms with Gasteiger partial charge in [0.15, 0.2) is 11.5 Å². The molecule has 1 N–H and O–H groups in total. The van der Waals surface area contributed by atoms with Crippen molar-refractivity contribution < 1.29 is 23.8 Å². The van der Waals surface area contributed by atoms with Crippen LogP contribution in [0.4, 0.5) is 0 Å². The molecule has 0 radical (unpaired) electrons. The second-order valence-electron chi connectivity index (χ2n) is 7.95. The number of nitrogens with zero attached hydrogens (tertiary/aromatic N) is 1. The average Bonchev–Trinajstić information content (AvgIpc) is 3.35. The number of hydrogen-bond acceptors (Lipinski definition) is 5. The summed E-state index contributed by atoms with van der Waals surface area (Å²) in [7, 11) is 0. The first-order valence-electron chi connectivity index (χ1n) is 9.32. The molecule has 1 aromatic carbocycles. The Morgan fingerprint density at radius 2 is 2.15 bits per heavy atom. The fourth-order valence-corrected chi connectivity index (χ4v) is 4.65. The molecule has 7 heteroatoms. The van der Waals surface area contributed by atoms with Crippen molar-refractivity contribution in [2.24, 2.45) is 11.8 Å². The molecule has 2 amide bonds. The Labute approximate surface area is 157 Å². The van der Waals surface area contributed by atoms with Crippen molar-refractivity contribution in [2.45, 2.75) is 38.1 Å². The van der Waals surface area contributed by atoms with Crippen LogP contribution in [0.3, 0.4) is 0 Å². The van der Waals surface area contributed by atoms with Crippen LogP contribution in [0.25, 0.3) is 0 Å². The molecule has 0 unspecified atom stereocenters. The molecule has 4 aliphatic rings. The number of amides is 2. The van der Waals surface area contributed by atoms with Gasteiger partial charge in [-0.25, -0.2) is 0 Å². The Kier molecular flexibility index (Phi) is 3.53. The second kappa shape index (κ2) is 5.73. The summed E-state index contributed by atoms with van der Waals surface area (Å²) in [6, 6.07) is 5.72. The Hall–Kier alpha value is -2.54. The van der Waals surface area contributed by atoms with E-state index < -0.39 is 17.4 Å². The van der Waals surface area contributed by atoms with Crippen LogP contribution >= 0.6 is 0 Å². The van der Waals surface area contributed by atoms with Crippen molar-refractivity contribution in [3.8, 4) is 11.5 Å². The van der Waals surface area contributed by atoms with Gasteiger partial charge in [0.05, 0.1) is 24.5 Å². The maximum Gasteiger partial charge on any atom is 0.231 e. The second-order valence-corrected chi connectivity index (χ2v) is 7.95. The lowest BCUT2D eigenvalue weighted by Crippen LogP contribution is -2.45. The monoisotopic (exact) mass is 370 g/mol. The topological polar surface area (TPSA) is 77.1 Å². The van der Waals surface area contributed by atoms with E-state index in [1.807, 2.05) is 44.2 Å². The van der Waals surface area contributed by atoms with Gasteiger partial charge in [-0.15, -0.1) is 0 Å². The van der Waals surface area contributed by atoms with Crippen molar-refractivity contribution in [3.05, 3.63) is 35.9 Å². The van der Waals surface area contributed by atoms with Gasteiger partial charge >= 0.3 is 0 Å². The number of rotatable bonds is 4. The maximum atomic E-state index is 13.2. The summed E-state index contributed by atoms with van der Waals surface area (Å²) in [5, 5.41) is 2.94. The van der Waals surface area contributed by atoms with E-state index in [-0.39, 0.29) is 30.8 Å². The number of carbonyl (C=O) groups is 2. The van der Waals surface area contributed by atoms with E-state index in [2.05, 4.69) is 5.32 Å². The number of nitrogens with one attached hydrogen (secondary N) is 1. The highest BCUT2D eigenvalue weighted by atomic mass is 16.7. The lowest BCUT2D eigenvalue weighted by Gasteiger charge is -2.24. The molecule has 0 aromatic heterocycles. The highest BCUT2D eigenvalue weighted by Crippen LogP contribution is 2.52. The summed E-state index contributed by atoms with van der Waals surface area (Å²) < 4.78 is 16.9. The molecule has 2 bridgehead atoms. The summed E-state index contributed by atoms with van der Waals surface area (Å²) in [6.45, 7) is 4.97. The predicted octanol–water partition coefficient (Wildman–Crippen LogP) is 1.22. The molecule has 0 aliphatic carbocycles. The molecule has 4 heterocycles. The van der Waals surface area contributed by atoms with Gasteiger partial charge in [-0.3, -0.25) is 9.59 Å². The number of benzene rings is 1. The third kappa shape index (κ3) is 2.45. The maximum absolute atomic E-state index is 13.2. The summed E-state index contributed by atoms with van der Waals surface area (Å²) in [5.41, 5.74) is 0.280. The summed E-state index contributed by atoms with van der Waals surface area (Å²) in [6.07, 6.45) is 3.59. The Balaban J connectivity index is 1.38. The fourth-order valence-electron chi connectivity index (χ4n) is 4.65. The molecule has 4 aliphatic heterocycles. The zero-order valence-corrected chi connectivity index (χ0v) is 15.3. The molecular formula is C20H22N2O5. The smallest absolute Gasteiger partial charge is 0.231 e. The first kappa shape index (κ1) is 16.6. The molecule has 4 atom stereocenters. The first-order valence-corrected chi connectivity index (χ1v) is 9.32. The lowest BCUT2D eigenvalue weighted by molar-refractivity contribution is -0.138. The number of ether oxygens (including phenoxy) is 3. The van der Waals surface area contributed by atoms with E-state index in [9.17, 15) is 9.59 Å². The molecule has 142 valence electrons. The van der Waals surface area contributed by atoms with Gasteiger partial charge in [0.2, 0.25) is 18.6 Å². The zero-order valence-electron chi connectivity index (χ0n) is 15.3. The standard InChI is InChI=1S/C20H22N2O5/c1-11(2)21-18(23)16-14-5-6-20(27-14)9-22(19(24)17(16)20)8-12-3-4-13-15(7-12)26-10-25-13/h3-7,11,14,16-17H,8-10H2,1-2H3,(H,21,23)/t14-,16-,17-,20-/m0/s1. The predicted molar refractivity (Wildman–Crippen MR) is 95.0 cm³/mol. The van der Waals surface area contributed by atoms with E-state index in [1.54, 1.807) is 4.90 Å². The van der Waals surface area contributed by atoms with Crippen molar-refractivity contribution in [2.75, 3.05) is 13.3 Å². The van der Waals surface area contributed by atoms with Crippen molar-refractivity contribution in [1.29, 1.82) is 0 Å². The average molecular weight is 370 g/mol. The molecule has 5 rings (SSSR count). The van der Waals surface area contributed by atoms with Gasteiger partial charge in [0.1, 0.15) is 5.60 Å². The van der Waals surface area contributed by atoms with Gasteiger partial charge in [0.25, 0.3) is 0 Å². The molecule has 1 aromatic rings. The Bertz CT molecular complexity index is 851. The van der Waals surface area contributed by atoms with Crippen LogP contribution in [0.5, 0.6) is 11.5 Å². The van der Waals surface area contributed by atoms with Crippen molar-refractivity contribution >= 4 is 11.8 Å². The summed E-state index contributed by atoms with van der Waals surface area (Å²) >= 11 is 0. The van der Waals surface area contributed by atoms with E-state index in [0.29, 0.717) is 18.8 Å². The Morgan fingerprint density at radius 3 is 2.96 bits per heavy atom. The molecular weight excluding hydrogens is 348 g/mol. The number of hydrogen-bond donors (Lipinski definition) is 1. The highest BCUT2D eigenvalue weighted by Gasteiger charge is 2.66. The fraction of sp³-hybridized carbons (Fsp3) is 0.500. The SMILES string of the molecule is CC(C)NC(=O)[C@H]1[C@@H]2C=C[C@@]3(CN(Cc4ccc5c(c4)OCO5)C(=O)[C@H]13)O2. The van der Waals surface area contributed by atoms with Gasteiger partial charge in [-0.2, -0.15) is 0 Å². The van der Waals surface area contributed by atoms with Crippen LogP contribution in [0.1, 0.15) is 19.4 Å². The van der Waals surface area contributed by atoms with E-state index in [1.165, 1.54) is 0 Å². The summed E-state index contributed by atoms with van der Waals surface area (Å²) in [5.74, 6) is 0.362. The summed E-state index contributed by atoms with van der Waals surface area (Å²) in [4.78, 5) is 27.7. The van der Waals surface area contributed by atoms with Gasteiger partial charge < -0.3 is 24.4 Å². The number of carbonyl (C=O) groups excluding carboxylic acids is 2. The molecule has 2 fully saturated rings. The van der Waals surface area contributed by atoms with Crippen LogP contribution in [0, 0.1) is 11.8 Å². The quantitative estimate of drug-likeness (QED) is 0.807. The first-order chi connectivity index (χ1) is 13.0. The third-order valence-corrected chi connectivity index (χ3v) is 5.72. The Morgan fingerprint density at radius 1 is 1.33 bits per heavy atom. The lowest BCUT2D eigenvalue weighted by atomic mass is 9.76. The normalized spacial score (nSPS) is 32.5. The van der Waals surface area contributed by atoms with Crippen LogP contribution in [-0.4, -0.2) is 47.8 Å². The van der Waals surface area contributed by atoms with Gasteiger partial charge in [0, 0.05) is 12.6 Å². The molecule has 1 spiro atoms. The van der Waals surface area contributed by atoms with Gasteiger partial charge in [-0.05, 0) is 31.5 Å². The van der Waals surface area contributed by atoms with Crippen LogP contribution in [-0.2, 0) is 20.9 Å². The van der Waals surface area contributed by atoms with E-state index >= 15 is 0 Å². The molecule has 0 saturated carbocycles. The van der Waals surface area contributed by atoms with Crippen molar-refractivity contribution in [3.63, 3.8) is 0 Å². The highest BCUT2D eigenvalue weighted by molar-refractivity contribution is 5.93. The van der Waals surface area contributed by atoms with E-state index in [0.717, 1.165) is 11.3 Å². The molecule has 7 nitrogen and oxygen atoms in total. The largest absolute Gasteiger partial charge is 0.454 e.